The number of hydrogen-bond donors (Lipinski definition) is 0. The van der Waals surface area contributed by atoms with Crippen LogP contribution in [0.2, 0.25) is 0 Å². The molecule has 1 aromatic carbocycles. The number of fused-ring (bicyclic) bond motifs is 1. The summed E-state index contributed by atoms with van der Waals surface area (Å²) in [6, 6.07) is 5.92. The van der Waals surface area contributed by atoms with Crippen LogP contribution in [0.1, 0.15) is 25.0 Å². The average molecular weight is 239 g/mol. The molecule has 0 saturated heterocycles. The SMILES string of the molecule is CCn1c(C(C)Cl)nc2c(OC)cccc21. The number of ether oxygens (including phenoxy) is 1. The summed E-state index contributed by atoms with van der Waals surface area (Å²) >= 11 is 6.13. The highest BCUT2D eigenvalue weighted by atomic mass is 35.5. The molecular formula is C12H15ClN2O. The van der Waals surface area contributed by atoms with Crippen molar-refractivity contribution in [1.82, 2.24) is 9.55 Å². The number of methoxy groups -OCH3 is 1. The van der Waals surface area contributed by atoms with Gasteiger partial charge in [-0.25, -0.2) is 4.98 Å². The Morgan fingerprint density at radius 1 is 1.50 bits per heavy atom. The van der Waals surface area contributed by atoms with Crippen LogP contribution >= 0.6 is 11.6 Å². The van der Waals surface area contributed by atoms with E-state index in [1.54, 1.807) is 7.11 Å². The second kappa shape index (κ2) is 4.34. The van der Waals surface area contributed by atoms with Crippen LogP contribution in [-0.4, -0.2) is 16.7 Å². The van der Waals surface area contributed by atoms with E-state index in [1.807, 2.05) is 25.1 Å². The first-order chi connectivity index (χ1) is 7.69. The van der Waals surface area contributed by atoms with Gasteiger partial charge in [0, 0.05) is 6.54 Å². The lowest BCUT2D eigenvalue weighted by Crippen LogP contribution is -2.01. The van der Waals surface area contributed by atoms with E-state index in [2.05, 4.69) is 16.5 Å². The van der Waals surface area contributed by atoms with Gasteiger partial charge in [0.15, 0.2) is 0 Å². The van der Waals surface area contributed by atoms with Crippen molar-refractivity contribution in [3.05, 3.63) is 24.0 Å². The predicted molar refractivity (Wildman–Crippen MR) is 66.2 cm³/mol. The highest BCUT2D eigenvalue weighted by molar-refractivity contribution is 6.20. The van der Waals surface area contributed by atoms with E-state index in [9.17, 15) is 0 Å². The highest BCUT2D eigenvalue weighted by Crippen LogP contribution is 2.29. The quantitative estimate of drug-likeness (QED) is 0.767. The number of hydrogen-bond acceptors (Lipinski definition) is 2. The van der Waals surface area contributed by atoms with E-state index in [0.717, 1.165) is 29.2 Å². The zero-order valence-corrected chi connectivity index (χ0v) is 10.5. The van der Waals surface area contributed by atoms with E-state index in [0.29, 0.717) is 0 Å². The minimum atomic E-state index is -0.0999. The number of aromatic nitrogens is 2. The van der Waals surface area contributed by atoms with Gasteiger partial charge in [-0.3, -0.25) is 0 Å². The zero-order chi connectivity index (χ0) is 11.7. The summed E-state index contributed by atoms with van der Waals surface area (Å²) < 4.78 is 7.42. The Labute approximate surface area is 100.0 Å². The molecule has 0 bridgehead atoms. The molecule has 3 nitrogen and oxygen atoms in total. The van der Waals surface area contributed by atoms with Crippen molar-refractivity contribution < 1.29 is 4.74 Å². The topological polar surface area (TPSA) is 27.1 Å². The monoisotopic (exact) mass is 238 g/mol. The summed E-state index contributed by atoms with van der Waals surface area (Å²) in [6.45, 7) is 4.88. The molecular weight excluding hydrogens is 224 g/mol. The van der Waals surface area contributed by atoms with Crippen LogP contribution in [0.25, 0.3) is 11.0 Å². The minimum Gasteiger partial charge on any atom is -0.494 e. The molecule has 0 radical (unpaired) electrons. The normalized spacial score (nSPS) is 13.0. The van der Waals surface area contributed by atoms with Crippen molar-refractivity contribution in [3.63, 3.8) is 0 Å². The van der Waals surface area contributed by atoms with Crippen molar-refractivity contribution >= 4 is 22.6 Å². The fourth-order valence-electron chi connectivity index (χ4n) is 1.94. The number of alkyl halides is 1. The van der Waals surface area contributed by atoms with Crippen LogP contribution < -0.4 is 4.74 Å². The molecule has 0 spiro atoms. The zero-order valence-electron chi connectivity index (χ0n) is 9.70. The highest BCUT2D eigenvalue weighted by Gasteiger charge is 2.15. The summed E-state index contributed by atoms with van der Waals surface area (Å²) in [7, 11) is 1.66. The molecule has 16 heavy (non-hydrogen) atoms. The molecule has 0 aliphatic carbocycles. The minimum absolute atomic E-state index is 0.0999. The van der Waals surface area contributed by atoms with Gasteiger partial charge in [-0.2, -0.15) is 0 Å². The Hall–Kier alpha value is -1.22. The number of benzene rings is 1. The number of rotatable bonds is 3. The molecule has 0 aliphatic heterocycles. The fourth-order valence-corrected chi connectivity index (χ4v) is 2.11. The van der Waals surface area contributed by atoms with Gasteiger partial charge in [0.2, 0.25) is 0 Å². The smallest absolute Gasteiger partial charge is 0.146 e. The van der Waals surface area contributed by atoms with Gasteiger partial charge in [-0.05, 0) is 26.0 Å². The molecule has 86 valence electrons. The molecule has 0 fully saturated rings. The second-order valence-electron chi connectivity index (χ2n) is 3.66. The summed E-state index contributed by atoms with van der Waals surface area (Å²) in [5.74, 6) is 1.69. The molecule has 0 aliphatic rings. The van der Waals surface area contributed by atoms with Crippen LogP contribution in [0.5, 0.6) is 5.75 Å². The lowest BCUT2D eigenvalue weighted by molar-refractivity contribution is 0.419. The largest absolute Gasteiger partial charge is 0.494 e. The van der Waals surface area contributed by atoms with E-state index >= 15 is 0 Å². The van der Waals surface area contributed by atoms with Crippen LogP contribution in [-0.2, 0) is 6.54 Å². The number of para-hydroxylation sites is 1. The molecule has 2 aromatic rings. The Bertz CT molecular complexity index is 505. The van der Waals surface area contributed by atoms with Crippen molar-refractivity contribution in [1.29, 1.82) is 0 Å². The maximum atomic E-state index is 6.13. The third-order valence-corrected chi connectivity index (χ3v) is 2.86. The third kappa shape index (κ3) is 1.65. The van der Waals surface area contributed by atoms with E-state index in [4.69, 9.17) is 16.3 Å². The number of nitrogens with zero attached hydrogens (tertiary/aromatic N) is 2. The first-order valence-electron chi connectivity index (χ1n) is 5.36. The van der Waals surface area contributed by atoms with Gasteiger partial charge >= 0.3 is 0 Å². The standard InChI is InChI=1S/C12H15ClN2O/c1-4-15-9-6-5-7-10(16-3)11(9)14-12(15)8(2)13/h5-8H,4H2,1-3H3. The summed E-state index contributed by atoms with van der Waals surface area (Å²) in [6.07, 6.45) is 0. The molecule has 0 N–H and O–H groups in total. The fraction of sp³-hybridized carbons (Fsp3) is 0.417. The molecule has 1 unspecified atom stereocenters. The third-order valence-electron chi connectivity index (χ3n) is 2.66. The lowest BCUT2D eigenvalue weighted by Gasteiger charge is -2.06. The Kier molecular flexibility index (Phi) is 3.06. The van der Waals surface area contributed by atoms with Crippen LogP contribution in [0, 0.1) is 0 Å². The summed E-state index contributed by atoms with van der Waals surface area (Å²) in [5, 5.41) is -0.0999. The molecule has 4 heteroatoms. The van der Waals surface area contributed by atoms with E-state index < -0.39 is 0 Å². The lowest BCUT2D eigenvalue weighted by atomic mass is 10.3. The van der Waals surface area contributed by atoms with Crippen LogP contribution in [0.4, 0.5) is 0 Å². The van der Waals surface area contributed by atoms with Crippen molar-refractivity contribution in [2.24, 2.45) is 0 Å². The maximum Gasteiger partial charge on any atom is 0.146 e. The van der Waals surface area contributed by atoms with Crippen molar-refractivity contribution in [2.75, 3.05) is 7.11 Å². The van der Waals surface area contributed by atoms with Crippen LogP contribution in [0.15, 0.2) is 18.2 Å². The summed E-state index contributed by atoms with van der Waals surface area (Å²) in [5.41, 5.74) is 1.96. The van der Waals surface area contributed by atoms with Crippen molar-refractivity contribution in [2.45, 2.75) is 25.8 Å². The van der Waals surface area contributed by atoms with Crippen molar-refractivity contribution in [3.8, 4) is 5.75 Å². The molecule has 1 heterocycles. The van der Waals surface area contributed by atoms with Gasteiger partial charge in [0.25, 0.3) is 0 Å². The molecule has 0 amide bonds. The van der Waals surface area contributed by atoms with Gasteiger partial charge in [0.1, 0.15) is 17.1 Å². The number of imidazole rings is 1. The van der Waals surface area contributed by atoms with Gasteiger partial charge in [-0.15, -0.1) is 11.6 Å². The van der Waals surface area contributed by atoms with Gasteiger partial charge in [0.05, 0.1) is 18.0 Å². The number of aryl methyl sites for hydroxylation is 1. The average Bonchev–Trinajstić information content (AvgIpc) is 2.67. The number of halogens is 1. The molecule has 1 aromatic heterocycles. The van der Waals surface area contributed by atoms with Crippen LogP contribution in [0.3, 0.4) is 0 Å². The summed E-state index contributed by atoms with van der Waals surface area (Å²) in [4.78, 5) is 4.56. The van der Waals surface area contributed by atoms with E-state index in [-0.39, 0.29) is 5.38 Å². The Balaban J connectivity index is 2.75. The Morgan fingerprint density at radius 3 is 2.81 bits per heavy atom. The van der Waals surface area contributed by atoms with E-state index in [1.165, 1.54) is 0 Å². The molecule has 1 atom stereocenters. The maximum absolute atomic E-state index is 6.13. The molecule has 2 rings (SSSR count). The predicted octanol–water partition coefficient (Wildman–Crippen LogP) is 3.36. The van der Waals surface area contributed by atoms with Gasteiger partial charge in [-0.1, -0.05) is 6.07 Å². The molecule has 0 saturated carbocycles. The van der Waals surface area contributed by atoms with Gasteiger partial charge < -0.3 is 9.30 Å². The first kappa shape index (κ1) is 11.3. The Morgan fingerprint density at radius 2 is 2.25 bits per heavy atom. The first-order valence-corrected chi connectivity index (χ1v) is 5.79. The second-order valence-corrected chi connectivity index (χ2v) is 4.31.